The number of nitrogens with one attached hydrogen (secondary N) is 1. The normalized spacial score (nSPS) is 11.3. The van der Waals surface area contributed by atoms with Crippen LogP contribution in [0.4, 0.5) is 10.2 Å². The summed E-state index contributed by atoms with van der Waals surface area (Å²) in [7, 11) is 0. The molecular weight excluding hydrogens is 443 g/mol. The standard InChI is InChI=1S/C22H21FN8O3/c1-13(2)19-18(26-30-31(19)21-20(24)28-34-29-21)22(32)27-25-11-15-4-3-5-17(10-15)33-12-14-6-8-16(23)9-7-14/h3-11,13H,12H2,1-2H3,(H2,24,28)(H,27,32). The number of nitrogen functional groups attached to an aromatic ring is 1. The fourth-order valence-corrected chi connectivity index (χ4v) is 3.11. The van der Waals surface area contributed by atoms with Crippen LogP contribution in [0.1, 0.15) is 47.1 Å². The quantitative estimate of drug-likeness (QED) is 0.299. The van der Waals surface area contributed by atoms with E-state index in [0.29, 0.717) is 17.0 Å². The molecule has 2 aromatic heterocycles. The molecule has 0 radical (unpaired) electrons. The lowest BCUT2D eigenvalue weighted by molar-refractivity contribution is 0.0948. The van der Waals surface area contributed by atoms with Gasteiger partial charge in [0.15, 0.2) is 5.69 Å². The monoisotopic (exact) mass is 464 g/mol. The Hall–Kier alpha value is -4.61. The summed E-state index contributed by atoms with van der Waals surface area (Å²) in [6.07, 6.45) is 1.47. The van der Waals surface area contributed by atoms with E-state index in [1.54, 1.807) is 36.4 Å². The SMILES string of the molecule is CC(C)c1c(C(=O)NN=Cc2cccc(OCc3ccc(F)cc3)c2)nnn1-c1nonc1N. The Balaban J connectivity index is 1.42. The highest BCUT2D eigenvalue weighted by Gasteiger charge is 2.25. The molecule has 1 amide bonds. The molecule has 12 heteroatoms. The number of nitrogens with two attached hydrogens (primary N) is 1. The van der Waals surface area contributed by atoms with Gasteiger partial charge in [0.25, 0.3) is 5.91 Å². The summed E-state index contributed by atoms with van der Waals surface area (Å²) >= 11 is 0. The largest absolute Gasteiger partial charge is 0.489 e. The van der Waals surface area contributed by atoms with Gasteiger partial charge in [0.2, 0.25) is 11.6 Å². The average Bonchev–Trinajstić information content (AvgIpc) is 3.45. The Morgan fingerprint density at radius 1 is 1.26 bits per heavy atom. The predicted molar refractivity (Wildman–Crippen MR) is 120 cm³/mol. The molecule has 4 aromatic rings. The van der Waals surface area contributed by atoms with E-state index in [1.165, 1.54) is 23.0 Å². The van der Waals surface area contributed by atoms with Gasteiger partial charge in [-0.15, -0.1) is 5.10 Å². The van der Waals surface area contributed by atoms with Gasteiger partial charge >= 0.3 is 0 Å². The van der Waals surface area contributed by atoms with Crippen molar-refractivity contribution in [3.63, 3.8) is 0 Å². The van der Waals surface area contributed by atoms with Crippen molar-refractivity contribution >= 4 is 17.9 Å². The molecule has 0 spiro atoms. The van der Waals surface area contributed by atoms with Gasteiger partial charge in [-0.3, -0.25) is 4.79 Å². The summed E-state index contributed by atoms with van der Waals surface area (Å²) in [5.41, 5.74) is 10.3. The number of hydrazone groups is 1. The van der Waals surface area contributed by atoms with Gasteiger partial charge in [-0.1, -0.05) is 43.3 Å². The molecule has 11 nitrogen and oxygen atoms in total. The topological polar surface area (TPSA) is 146 Å². The van der Waals surface area contributed by atoms with Gasteiger partial charge in [-0.2, -0.15) is 9.78 Å². The van der Waals surface area contributed by atoms with Crippen LogP contribution in [0.25, 0.3) is 5.82 Å². The number of benzene rings is 2. The van der Waals surface area contributed by atoms with Gasteiger partial charge in [0.05, 0.1) is 11.9 Å². The zero-order chi connectivity index (χ0) is 24.1. The van der Waals surface area contributed by atoms with E-state index < -0.39 is 5.91 Å². The number of anilines is 1. The van der Waals surface area contributed by atoms with Gasteiger partial charge in [-0.05, 0) is 51.6 Å². The van der Waals surface area contributed by atoms with Gasteiger partial charge in [0, 0.05) is 0 Å². The number of aromatic nitrogens is 5. The zero-order valence-corrected chi connectivity index (χ0v) is 18.3. The molecule has 0 bridgehead atoms. The highest BCUT2D eigenvalue weighted by atomic mass is 19.1. The van der Waals surface area contributed by atoms with E-state index in [1.807, 2.05) is 13.8 Å². The molecule has 34 heavy (non-hydrogen) atoms. The van der Waals surface area contributed by atoms with Crippen LogP contribution in [0, 0.1) is 5.82 Å². The van der Waals surface area contributed by atoms with Crippen LogP contribution < -0.4 is 15.9 Å². The van der Waals surface area contributed by atoms with Crippen LogP contribution >= 0.6 is 0 Å². The first-order chi connectivity index (χ1) is 16.4. The predicted octanol–water partition coefficient (Wildman–Crippen LogP) is 2.84. The maximum atomic E-state index is 13.0. The second-order valence-corrected chi connectivity index (χ2v) is 7.55. The second-order valence-electron chi connectivity index (χ2n) is 7.55. The van der Waals surface area contributed by atoms with E-state index in [9.17, 15) is 9.18 Å². The van der Waals surface area contributed by atoms with Gasteiger partial charge < -0.3 is 10.5 Å². The summed E-state index contributed by atoms with van der Waals surface area (Å²) in [6.45, 7) is 4.03. The molecule has 2 aromatic carbocycles. The van der Waals surface area contributed by atoms with E-state index >= 15 is 0 Å². The molecule has 0 aliphatic carbocycles. The van der Waals surface area contributed by atoms with Crippen molar-refractivity contribution in [3.05, 3.63) is 76.9 Å². The lowest BCUT2D eigenvalue weighted by Gasteiger charge is -2.08. The van der Waals surface area contributed by atoms with E-state index in [0.717, 1.165) is 5.56 Å². The number of hydrogen-bond acceptors (Lipinski definition) is 9. The van der Waals surface area contributed by atoms with Crippen molar-refractivity contribution in [3.8, 4) is 11.6 Å². The van der Waals surface area contributed by atoms with Crippen molar-refractivity contribution in [2.45, 2.75) is 26.4 Å². The minimum absolute atomic E-state index is 0.0262. The summed E-state index contributed by atoms with van der Waals surface area (Å²) in [4.78, 5) is 12.7. The molecule has 174 valence electrons. The van der Waals surface area contributed by atoms with Crippen LogP contribution in [0.3, 0.4) is 0 Å². The first-order valence-corrected chi connectivity index (χ1v) is 10.3. The molecule has 4 rings (SSSR count). The van der Waals surface area contributed by atoms with Gasteiger partial charge in [-0.25, -0.2) is 14.4 Å². The van der Waals surface area contributed by atoms with Crippen molar-refractivity contribution in [2.24, 2.45) is 5.10 Å². The fourth-order valence-electron chi connectivity index (χ4n) is 3.11. The second kappa shape index (κ2) is 9.90. The third-order valence-electron chi connectivity index (χ3n) is 4.72. The van der Waals surface area contributed by atoms with E-state index in [-0.39, 0.29) is 35.7 Å². The molecule has 0 saturated heterocycles. The Labute approximate surface area is 193 Å². The molecular formula is C22H21FN8O3. The number of carbonyl (C=O) groups excluding carboxylic acids is 1. The fraction of sp³-hybridized carbons (Fsp3) is 0.182. The van der Waals surface area contributed by atoms with Crippen molar-refractivity contribution in [1.82, 2.24) is 30.7 Å². The number of hydrogen-bond donors (Lipinski definition) is 2. The van der Waals surface area contributed by atoms with Crippen molar-refractivity contribution in [1.29, 1.82) is 0 Å². The first kappa shape index (κ1) is 22.6. The number of carbonyl (C=O) groups is 1. The lowest BCUT2D eigenvalue weighted by Crippen LogP contribution is -2.21. The van der Waals surface area contributed by atoms with Crippen molar-refractivity contribution in [2.75, 3.05) is 5.73 Å². The Morgan fingerprint density at radius 3 is 2.76 bits per heavy atom. The minimum Gasteiger partial charge on any atom is -0.489 e. The summed E-state index contributed by atoms with van der Waals surface area (Å²) < 4.78 is 24.7. The van der Waals surface area contributed by atoms with Crippen LogP contribution in [0.5, 0.6) is 5.75 Å². The van der Waals surface area contributed by atoms with E-state index in [2.05, 4.69) is 35.8 Å². The third-order valence-corrected chi connectivity index (χ3v) is 4.72. The van der Waals surface area contributed by atoms with Crippen molar-refractivity contribution < 1.29 is 18.6 Å². The highest BCUT2D eigenvalue weighted by Crippen LogP contribution is 2.22. The Bertz CT molecular complexity index is 1310. The van der Waals surface area contributed by atoms with Crippen LogP contribution in [0.15, 0.2) is 58.3 Å². The summed E-state index contributed by atoms with van der Waals surface area (Å²) in [6, 6.07) is 13.2. The smallest absolute Gasteiger partial charge is 0.293 e. The maximum Gasteiger partial charge on any atom is 0.293 e. The number of amides is 1. The van der Waals surface area contributed by atoms with Crippen LogP contribution in [-0.2, 0) is 6.61 Å². The molecule has 0 atom stereocenters. The van der Waals surface area contributed by atoms with E-state index in [4.69, 9.17) is 10.5 Å². The zero-order valence-electron chi connectivity index (χ0n) is 18.3. The number of ether oxygens (including phenoxy) is 1. The first-order valence-electron chi connectivity index (χ1n) is 10.3. The summed E-state index contributed by atoms with van der Waals surface area (Å²) in [5, 5.41) is 19.2. The molecule has 0 aliphatic heterocycles. The minimum atomic E-state index is -0.551. The Kier molecular flexibility index (Phi) is 6.57. The average molecular weight is 464 g/mol. The number of rotatable bonds is 8. The molecule has 0 fully saturated rings. The summed E-state index contributed by atoms with van der Waals surface area (Å²) in [5.74, 6) is -0.208. The number of halogens is 1. The third kappa shape index (κ3) is 5.06. The Morgan fingerprint density at radius 2 is 2.06 bits per heavy atom. The molecule has 3 N–H and O–H groups in total. The molecule has 0 saturated carbocycles. The van der Waals surface area contributed by atoms with Crippen LogP contribution in [-0.4, -0.2) is 37.4 Å². The maximum absolute atomic E-state index is 13.0. The van der Waals surface area contributed by atoms with Crippen LogP contribution in [0.2, 0.25) is 0 Å². The highest BCUT2D eigenvalue weighted by molar-refractivity contribution is 5.94. The van der Waals surface area contributed by atoms with Gasteiger partial charge in [0.1, 0.15) is 18.2 Å². The number of nitrogens with zero attached hydrogens (tertiary/aromatic N) is 6. The molecule has 0 aliphatic rings. The molecule has 0 unspecified atom stereocenters. The lowest BCUT2D eigenvalue weighted by atomic mass is 10.1. The molecule has 2 heterocycles.